The van der Waals surface area contributed by atoms with Crippen LogP contribution >= 0.6 is 0 Å². The van der Waals surface area contributed by atoms with E-state index < -0.39 is 18.2 Å². The van der Waals surface area contributed by atoms with Gasteiger partial charge in [0.2, 0.25) is 0 Å². The standard InChI is InChI=1S/C7H17NO3/c1-2-3-6(10)7(11)5(8)4-9/h5-7,9-11H,2-4,8H2,1H3/t5-,6+,7-/m0/s1. The number of rotatable bonds is 5. The molecule has 0 fully saturated rings. The Kier molecular flexibility index (Phi) is 5.41. The van der Waals surface area contributed by atoms with Gasteiger partial charge in [-0.25, -0.2) is 0 Å². The molecule has 0 unspecified atom stereocenters. The molecule has 0 aromatic carbocycles. The van der Waals surface area contributed by atoms with Crippen LogP contribution in [0.4, 0.5) is 0 Å². The Labute approximate surface area is 66.7 Å². The summed E-state index contributed by atoms with van der Waals surface area (Å²) in [6.45, 7) is 1.60. The van der Waals surface area contributed by atoms with Crippen molar-refractivity contribution in [2.24, 2.45) is 5.73 Å². The largest absolute Gasteiger partial charge is 0.395 e. The van der Waals surface area contributed by atoms with Crippen LogP contribution in [0.15, 0.2) is 0 Å². The first kappa shape index (κ1) is 10.8. The van der Waals surface area contributed by atoms with Crippen LogP contribution in [0.1, 0.15) is 19.8 Å². The SMILES string of the molecule is CCC[C@@H](O)[C@@H](O)[C@@H](N)CO. The van der Waals surface area contributed by atoms with Crippen molar-refractivity contribution in [3.63, 3.8) is 0 Å². The lowest BCUT2D eigenvalue weighted by Crippen LogP contribution is -2.45. The molecule has 0 aromatic rings. The zero-order chi connectivity index (χ0) is 8.85. The molecule has 0 saturated heterocycles. The number of hydrogen-bond donors (Lipinski definition) is 4. The van der Waals surface area contributed by atoms with Crippen molar-refractivity contribution in [3.05, 3.63) is 0 Å². The van der Waals surface area contributed by atoms with Crippen molar-refractivity contribution in [2.45, 2.75) is 38.0 Å². The molecule has 3 atom stereocenters. The van der Waals surface area contributed by atoms with Crippen LogP contribution in [0.3, 0.4) is 0 Å². The van der Waals surface area contributed by atoms with E-state index in [0.29, 0.717) is 6.42 Å². The maximum Gasteiger partial charge on any atom is 0.0971 e. The second kappa shape index (κ2) is 5.49. The Morgan fingerprint density at radius 1 is 1.36 bits per heavy atom. The Morgan fingerprint density at radius 3 is 2.27 bits per heavy atom. The van der Waals surface area contributed by atoms with Gasteiger partial charge in [-0.3, -0.25) is 0 Å². The zero-order valence-corrected chi connectivity index (χ0v) is 6.77. The van der Waals surface area contributed by atoms with Gasteiger partial charge >= 0.3 is 0 Å². The number of aliphatic hydroxyl groups is 3. The van der Waals surface area contributed by atoms with Crippen LogP contribution in [0, 0.1) is 0 Å². The molecule has 4 nitrogen and oxygen atoms in total. The number of nitrogens with two attached hydrogens (primary N) is 1. The third-order valence-corrected chi connectivity index (χ3v) is 1.63. The summed E-state index contributed by atoms with van der Waals surface area (Å²) in [5.41, 5.74) is 5.29. The fourth-order valence-electron chi connectivity index (χ4n) is 0.860. The van der Waals surface area contributed by atoms with Gasteiger partial charge in [0.05, 0.1) is 24.9 Å². The van der Waals surface area contributed by atoms with E-state index in [2.05, 4.69) is 0 Å². The Hall–Kier alpha value is -0.160. The fraction of sp³-hybridized carbons (Fsp3) is 1.00. The Morgan fingerprint density at radius 2 is 1.91 bits per heavy atom. The van der Waals surface area contributed by atoms with Gasteiger partial charge in [0.1, 0.15) is 0 Å². The second-order valence-electron chi connectivity index (χ2n) is 2.69. The molecule has 0 saturated carbocycles. The minimum atomic E-state index is -1.01. The summed E-state index contributed by atoms with van der Waals surface area (Å²) in [5.74, 6) is 0. The first-order chi connectivity index (χ1) is 5.13. The van der Waals surface area contributed by atoms with Gasteiger partial charge in [-0.2, -0.15) is 0 Å². The van der Waals surface area contributed by atoms with Crippen molar-refractivity contribution >= 4 is 0 Å². The highest BCUT2D eigenvalue weighted by molar-refractivity contribution is 4.77. The van der Waals surface area contributed by atoms with Gasteiger partial charge in [0, 0.05) is 0 Å². The third kappa shape index (κ3) is 3.67. The molecule has 11 heavy (non-hydrogen) atoms. The van der Waals surface area contributed by atoms with Gasteiger partial charge in [0.15, 0.2) is 0 Å². The predicted octanol–water partition coefficient (Wildman–Crippen LogP) is -1.17. The van der Waals surface area contributed by atoms with Gasteiger partial charge < -0.3 is 21.1 Å². The average molecular weight is 163 g/mol. The predicted molar refractivity (Wildman–Crippen MR) is 42.0 cm³/mol. The quantitative estimate of drug-likeness (QED) is 0.411. The van der Waals surface area contributed by atoms with Crippen LogP contribution in [-0.2, 0) is 0 Å². The third-order valence-electron chi connectivity index (χ3n) is 1.63. The molecule has 0 aliphatic rings. The first-order valence-electron chi connectivity index (χ1n) is 3.86. The van der Waals surface area contributed by atoms with Crippen LogP contribution in [0.25, 0.3) is 0 Å². The smallest absolute Gasteiger partial charge is 0.0971 e. The first-order valence-corrected chi connectivity index (χ1v) is 3.86. The molecule has 0 heterocycles. The highest BCUT2D eigenvalue weighted by Crippen LogP contribution is 2.04. The molecule has 0 spiro atoms. The minimum absolute atomic E-state index is 0.304. The van der Waals surface area contributed by atoms with Crippen LogP contribution < -0.4 is 5.73 Å². The lowest BCUT2D eigenvalue weighted by Gasteiger charge is -2.21. The summed E-state index contributed by atoms with van der Waals surface area (Å²) in [5, 5.41) is 26.9. The minimum Gasteiger partial charge on any atom is -0.395 e. The molecular weight excluding hydrogens is 146 g/mol. The summed E-state index contributed by atoms with van der Waals surface area (Å²) < 4.78 is 0. The summed E-state index contributed by atoms with van der Waals surface area (Å²) >= 11 is 0. The van der Waals surface area contributed by atoms with Crippen LogP contribution in [0.2, 0.25) is 0 Å². The second-order valence-corrected chi connectivity index (χ2v) is 2.69. The molecule has 0 bridgehead atoms. The molecule has 0 radical (unpaired) electrons. The summed E-state index contributed by atoms with van der Waals surface area (Å²) in [6, 6.07) is -0.739. The van der Waals surface area contributed by atoms with Crippen LogP contribution in [0.5, 0.6) is 0 Å². The lowest BCUT2D eigenvalue weighted by atomic mass is 10.0. The molecule has 4 heteroatoms. The fourth-order valence-corrected chi connectivity index (χ4v) is 0.860. The maximum absolute atomic E-state index is 9.18. The van der Waals surface area contributed by atoms with E-state index in [1.54, 1.807) is 0 Å². The zero-order valence-electron chi connectivity index (χ0n) is 6.77. The molecule has 0 rings (SSSR count). The molecular formula is C7H17NO3. The van der Waals surface area contributed by atoms with E-state index in [-0.39, 0.29) is 6.61 Å². The number of aliphatic hydroxyl groups excluding tert-OH is 3. The number of hydrogen-bond acceptors (Lipinski definition) is 4. The summed E-state index contributed by atoms with van der Waals surface area (Å²) in [4.78, 5) is 0. The van der Waals surface area contributed by atoms with Crippen molar-refractivity contribution in [3.8, 4) is 0 Å². The normalized spacial score (nSPS) is 19.4. The topological polar surface area (TPSA) is 86.7 Å². The van der Waals surface area contributed by atoms with Crippen molar-refractivity contribution in [1.29, 1.82) is 0 Å². The molecule has 0 aromatic heterocycles. The van der Waals surface area contributed by atoms with E-state index in [4.69, 9.17) is 10.8 Å². The van der Waals surface area contributed by atoms with Crippen LogP contribution in [-0.4, -0.2) is 40.2 Å². The monoisotopic (exact) mass is 163 g/mol. The van der Waals surface area contributed by atoms with Gasteiger partial charge in [0.25, 0.3) is 0 Å². The Bertz CT molecular complexity index is 99.7. The molecule has 0 aliphatic carbocycles. The average Bonchev–Trinajstić information content (AvgIpc) is 2.02. The van der Waals surface area contributed by atoms with E-state index in [9.17, 15) is 10.2 Å². The summed E-state index contributed by atoms with van der Waals surface area (Å²) in [6.07, 6.45) is -0.535. The highest BCUT2D eigenvalue weighted by atomic mass is 16.3. The molecule has 68 valence electrons. The van der Waals surface area contributed by atoms with Gasteiger partial charge in [-0.15, -0.1) is 0 Å². The highest BCUT2D eigenvalue weighted by Gasteiger charge is 2.21. The molecule has 0 aliphatic heterocycles. The van der Waals surface area contributed by atoms with Crippen molar-refractivity contribution in [1.82, 2.24) is 0 Å². The van der Waals surface area contributed by atoms with E-state index in [1.165, 1.54) is 0 Å². The van der Waals surface area contributed by atoms with Crippen molar-refractivity contribution in [2.75, 3.05) is 6.61 Å². The summed E-state index contributed by atoms with van der Waals surface area (Å²) in [7, 11) is 0. The maximum atomic E-state index is 9.18. The van der Waals surface area contributed by atoms with E-state index in [1.807, 2.05) is 6.92 Å². The van der Waals surface area contributed by atoms with E-state index >= 15 is 0 Å². The lowest BCUT2D eigenvalue weighted by molar-refractivity contribution is -0.0112. The van der Waals surface area contributed by atoms with Gasteiger partial charge in [-0.1, -0.05) is 13.3 Å². The molecule has 5 N–H and O–H groups in total. The Balaban J connectivity index is 3.70. The van der Waals surface area contributed by atoms with E-state index in [0.717, 1.165) is 6.42 Å². The molecule has 0 amide bonds. The van der Waals surface area contributed by atoms with Gasteiger partial charge in [-0.05, 0) is 6.42 Å². The van der Waals surface area contributed by atoms with Crippen molar-refractivity contribution < 1.29 is 15.3 Å².